The summed E-state index contributed by atoms with van der Waals surface area (Å²) < 4.78 is 16.8. The predicted molar refractivity (Wildman–Crippen MR) is 61.1 cm³/mol. The molecular formula is C13H16O4. The predicted octanol–water partition coefficient (Wildman–Crippen LogP) is 0.901. The maximum absolute atomic E-state index is 9.61. The lowest BCUT2D eigenvalue weighted by Gasteiger charge is -2.17. The van der Waals surface area contributed by atoms with Crippen molar-refractivity contribution in [3.63, 3.8) is 0 Å². The summed E-state index contributed by atoms with van der Waals surface area (Å²) in [7, 11) is 0. The van der Waals surface area contributed by atoms with Gasteiger partial charge in [0.1, 0.15) is 24.1 Å². The summed E-state index contributed by atoms with van der Waals surface area (Å²) in [6.07, 6.45) is -1.02. The van der Waals surface area contributed by atoms with Crippen LogP contribution in [0.4, 0.5) is 0 Å². The highest BCUT2D eigenvalue weighted by atomic mass is 16.6. The Morgan fingerprint density at radius 2 is 1.82 bits per heavy atom. The minimum atomic E-state index is -0.522. The normalized spacial score (nSPS) is 35.9. The Kier molecular flexibility index (Phi) is 2.78. The molecule has 4 nitrogen and oxygen atoms in total. The van der Waals surface area contributed by atoms with Crippen LogP contribution in [0, 0.1) is 6.92 Å². The van der Waals surface area contributed by atoms with Gasteiger partial charge in [-0.25, -0.2) is 0 Å². The van der Waals surface area contributed by atoms with E-state index in [0.717, 1.165) is 5.75 Å². The Balaban J connectivity index is 1.68. The average molecular weight is 236 g/mol. The summed E-state index contributed by atoms with van der Waals surface area (Å²) in [5.41, 5.74) is 1.20. The molecule has 92 valence electrons. The second-order valence-electron chi connectivity index (χ2n) is 4.63. The number of benzene rings is 1. The van der Waals surface area contributed by atoms with Gasteiger partial charge in [-0.05, 0) is 19.1 Å². The topological polar surface area (TPSA) is 47.9 Å². The summed E-state index contributed by atoms with van der Waals surface area (Å²) in [6, 6.07) is 7.89. The first-order valence-corrected chi connectivity index (χ1v) is 5.88. The fourth-order valence-electron chi connectivity index (χ4n) is 2.34. The van der Waals surface area contributed by atoms with Crippen molar-refractivity contribution in [3.05, 3.63) is 29.8 Å². The first kappa shape index (κ1) is 11.0. The maximum Gasteiger partial charge on any atom is 0.151 e. The molecule has 1 aromatic carbocycles. The molecule has 0 aromatic heterocycles. The molecule has 0 saturated carbocycles. The highest BCUT2D eigenvalue weighted by molar-refractivity contribution is 5.26. The van der Waals surface area contributed by atoms with Gasteiger partial charge in [0.15, 0.2) is 6.10 Å². The van der Waals surface area contributed by atoms with E-state index in [0.29, 0.717) is 13.2 Å². The number of aliphatic hydroxyl groups excluding tert-OH is 1. The van der Waals surface area contributed by atoms with Crippen molar-refractivity contribution in [2.45, 2.75) is 31.3 Å². The monoisotopic (exact) mass is 236 g/mol. The molecule has 1 N–H and O–H groups in total. The zero-order valence-electron chi connectivity index (χ0n) is 9.70. The van der Waals surface area contributed by atoms with Crippen molar-refractivity contribution in [2.75, 3.05) is 13.2 Å². The molecule has 17 heavy (non-hydrogen) atoms. The largest absolute Gasteiger partial charge is 0.485 e. The third kappa shape index (κ3) is 2.04. The van der Waals surface area contributed by atoms with Gasteiger partial charge in [-0.1, -0.05) is 17.7 Å². The van der Waals surface area contributed by atoms with Crippen LogP contribution in [-0.2, 0) is 9.47 Å². The fraction of sp³-hybridized carbons (Fsp3) is 0.538. The molecule has 4 atom stereocenters. The van der Waals surface area contributed by atoms with Crippen molar-refractivity contribution in [2.24, 2.45) is 0 Å². The number of aliphatic hydroxyl groups is 1. The number of hydrogen-bond acceptors (Lipinski definition) is 4. The van der Waals surface area contributed by atoms with E-state index in [-0.39, 0.29) is 18.3 Å². The van der Waals surface area contributed by atoms with Crippen molar-refractivity contribution in [1.29, 1.82) is 0 Å². The first-order chi connectivity index (χ1) is 8.24. The number of aryl methyl sites for hydroxylation is 1. The Morgan fingerprint density at radius 1 is 1.12 bits per heavy atom. The first-order valence-electron chi connectivity index (χ1n) is 5.88. The van der Waals surface area contributed by atoms with E-state index in [9.17, 15) is 5.11 Å². The number of hydrogen-bond donors (Lipinski definition) is 1. The molecular weight excluding hydrogens is 220 g/mol. The van der Waals surface area contributed by atoms with E-state index in [1.807, 2.05) is 31.2 Å². The molecule has 0 unspecified atom stereocenters. The van der Waals surface area contributed by atoms with E-state index in [4.69, 9.17) is 14.2 Å². The van der Waals surface area contributed by atoms with Gasteiger partial charge in [0, 0.05) is 0 Å². The number of fused-ring (bicyclic) bond motifs is 1. The molecule has 0 aliphatic carbocycles. The van der Waals surface area contributed by atoms with Crippen molar-refractivity contribution in [3.8, 4) is 5.75 Å². The van der Waals surface area contributed by atoms with Crippen LogP contribution in [0.5, 0.6) is 5.75 Å². The van der Waals surface area contributed by atoms with E-state index in [1.54, 1.807) is 0 Å². The summed E-state index contributed by atoms with van der Waals surface area (Å²) >= 11 is 0. The van der Waals surface area contributed by atoms with Gasteiger partial charge >= 0.3 is 0 Å². The van der Waals surface area contributed by atoms with E-state index < -0.39 is 6.10 Å². The molecule has 0 radical (unpaired) electrons. The minimum absolute atomic E-state index is 0.125. The molecule has 0 bridgehead atoms. The van der Waals surface area contributed by atoms with Crippen molar-refractivity contribution >= 4 is 0 Å². The Bertz CT molecular complexity index is 389. The lowest BCUT2D eigenvalue weighted by molar-refractivity contribution is 0.00862. The molecule has 2 aliphatic heterocycles. The van der Waals surface area contributed by atoms with Crippen LogP contribution in [0.15, 0.2) is 24.3 Å². The molecule has 2 heterocycles. The van der Waals surface area contributed by atoms with E-state index in [2.05, 4.69) is 0 Å². The van der Waals surface area contributed by atoms with Gasteiger partial charge < -0.3 is 19.3 Å². The Morgan fingerprint density at radius 3 is 2.59 bits per heavy atom. The Hall–Kier alpha value is -1.10. The van der Waals surface area contributed by atoms with Gasteiger partial charge in [-0.2, -0.15) is 0 Å². The van der Waals surface area contributed by atoms with Crippen LogP contribution >= 0.6 is 0 Å². The van der Waals surface area contributed by atoms with Crippen LogP contribution in [0.2, 0.25) is 0 Å². The van der Waals surface area contributed by atoms with Crippen LogP contribution in [-0.4, -0.2) is 42.7 Å². The van der Waals surface area contributed by atoms with Gasteiger partial charge in [-0.3, -0.25) is 0 Å². The molecule has 2 aliphatic rings. The highest BCUT2D eigenvalue weighted by Crippen LogP contribution is 2.29. The summed E-state index contributed by atoms with van der Waals surface area (Å²) in [5.74, 6) is 0.815. The van der Waals surface area contributed by atoms with Crippen LogP contribution in [0.3, 0.4) is 0 Å². The molecule has 1 aromatic rings. The Labute approximate surface area is 100 Å². The molecule has 4 heteroatoms. The number of ether oxygens (including phenoxy) is 3. The standard InChI is InChI=1S/C13H16O4/c1-8-2-4-9(5-3-8)17-11-7-16-12-10(14)6-15-13(11)12/h2-5,10-14H,6-7H2,1H3/t10-,11+,12-,13-/m1/s1. The molecule has 2 fully saturated rings. The second-order valence-corrected chi connectivity index (χ2v) is 4.63. The molecule has 0 spiro atoms. The van der Waals surface area contributed by atoms with Crippen molar-refractivity contribution < 1.29 is 19.3 Å². The smallest absolute Gasteiger partial charge is 0.151 e. The van der Waals surface area contributed by atoms with Crippen LogP contribution in [0.25, 0.3) is 0 Å². The molecule has 0 amide bonds. The van der Waals surface area contributed by atoms with Gasteiger partial charge in [0.2, 0.25) is 0 Å². The third-order valence-electron chi connectivity index (χ3n) is 3.29. The minimum Gasteiger partial charge on any atom is -0.485 e. The van der Waals surface area contributed by atoms with Gasteiger partial charge in [-0.15, -0.1) is 0 Å². The summed E-state index contributed by atoms with van der Waals surface area (Å²) in [6.45, 7) is 2.85. The van der Waals surface area contributed by atoms with Gasteiger partial charge in [0.05, 0.1) is 13.2 Å². The van der Waals surface area contributed by atoms with Crippen LogP contribution < -0.4 is 4.74 Å². The lowest BCUT2D eigenvalue weighted by Crippen LogP contribution is -2.34. The fourth-order valence-corrected chi connectivity index (χ4v) is 2.34. The van der Waals surface area contributed by atoms with Gasteiger partial charge in [0.25, 0.3) is 0 Å². The third-order valence-corrected chi connectivity index (χ3v) is 3.29. The number of rotatable bonds is 2. The molecule has 2 saturated heterocycles. The summed E-state index contributed by atoms with van der Waals surface area (Å²) in [4.78, 5) is 0. The quantitative estimate of drug-likeness (QED) is 0.829. The lowest BCUT2D eigenvalue weighted by atomic mass is 10.1. The molecule has 3 rings (SSSR count). The van der Waals surface area contributed by atoms with Crippen LogP contribution in [0.1, 0.15) is 5.56 Å². The summed E-state index contributed by atoms with van der Waals surface area (Å²) in [5, 5.41) is 9.61. The van der Waals surface area contributed by atoms with E-state index >= 15 is 0 Å². The van der Waals surface area contributed by atoms with Crippen molar-refractivity contribution in [1.82, 2.24) is 0 Å². The van der Waals surface area contributed by atoms with E-state index in [1.165, 1.54) is 5.56 Å². The average Bonchev–Trinajstić information content (AvgIpc) is 2.87. The second kappa shape index (κ2) is 4.29. The maximum atomic E-state index is 9.61. The zero-order valence-corrected chi connectivity index (χ0v) is 9.70. The highest BCUT2D eigenvalue weighted by Gasteiger charge is 2.48. The zero-order chi connectivity index (χ0) is 11.8. The SMILES string of the molecule is Cc1ccc(O[C@H]2CO[C@H]3[C@@H]2OC[C@H]3O)cc1.